The fourth-order valence-corrected chi connectivity index (χ4v) is 3.35. The van der Waals surface area contributed by atoms with Gasteiger partial charge in [0.05, 0.1) is 11.7 Å². The van der Waals surface area contributed by atoms with E-state index in [1.54, 1.807) is 0 Å². The van der Waals surface area contributed by atoms with E-state index in [0.29, 0.717) is 12.3 Å². The van der Waals surface area contributed by atoms with E-state index in [4.69, 9.17) is 10.00 Å². The fourth-order valence-electron chi connectivity index (χ4n) is 3.35. The zero-order chi connectivity index (χ0) is 9.27. The lowest BCUT2D eigenvalue weighted by atomic mass is 9.74. The Balaban J connectivity index is 2.14. The fraction of sp³-hybridized carbons (Fsp3) is 0.800. The summed E-state index contributed by atoms with van der Waals surface area (Å²) in [5.41, 5.74) is -0.852. The van der Waals surface area contributed by atoms with Crippen molar-refractivity contribution in [2.75, 3.05) is 0 Å². The first-order valence-corrected chi connectivity index (χ1v) is 4.73. The van der Waals surface area contributed by atoms with Gasteiger partial charge in [0.1, 0.15) is 11.5 Å². The number of nitrogens with zero attached hydrogens (tertiary/aromatic N) is 1. The average molecular weight is 177 g/mol. The first-order chi connectivity index (χ1) is 6.10. The van der Waals surface area contributed by atoms with Crippen LogP contribution in [-0.2, 0) is 9.53 Å². The molecular formula is C10H11NO2. The second-order valence-electron chi connectivity index (χ2n) is 4.79. The molecule has 0 aromatic carbocycles. The molecule has 2 saturated heterocycles. The van der Waals surface area contributed by atoms with Gasteiger partial charge >= 0.3 is 0 Å². The highest BCUT2D eigenvalue weighted by Gasteiger charge is 2.68. The van der Waals surface area contributed by atoms with Gasteiger partial charge in [0.15, 0.2) is 5.78 Å². The van der Waals surface area contributed by atoms with Crippen molar-refractivity contribution in [3.05, 3.63) is 0 Å². The van der Waals surface area contributed by atoms with E-state index in [1.807, 2.05) is 6.92 Å². The molecule has 4 unspecified atom stereocenters. The minimum Gasteiger partial charge on any atom is -0.364 e. The molecule has 4 bridgehead atoms. The van der Waals surface area contributed by atoms with Gasteiger partial charge in [0, 0.05) is 6.42 Å². The molecule has 0 aromatic heterocycles. The lowest BCUT2D eigenvalue weighted by Crippen LogP contribution is -2.45. The molecule has 0 spiro atoms. The molecule has 13 heavy (non-hydrogen) atoms. The van der Waals surface area contributed by atoms with Crippen LogP contribution in [0.2, 0.25) is 0 Å². The number of Topliss-reactive ketones (excluding diaryl/α,β-unsaturated/α-hetero) is 1. The Morgan fingerprint density at radius 2 is 2.46 bits per heavy atom. The minimum absolute atomic E-state index is 0.0428. The van der Waals surface area contributed by atoms with Crippen molar-refractivity contribution >= 4 is 5.78 Å². The summed E-state index contributed by atoms with van der Waals surface area (Å²) in [6.07, 6.45) is 1.93. The van der Waals surface area contributed by atoms with E-state index in [1.165, 1.54) is 0 Å². The van der Waals surface area contributed by atoms with Crippen LogP contribution in [0.25, 0.3) is 0 Å². The highest BCUT2D eigenvalue weighted by Crippen LogP contribution is 2.61. The Labute approximate surface area is 76.7 Å². The summed E-state index contributed by atoms with van der Waals surface area (Å²) in [5.74, 6) is 0.482. The number of carbonyl (C=O) groups is 1. The largest absolute Gasteiger partial charge is 0.364 e. The van der Waals surface area contributed by atoms with Crippen LogP contribution < -0.4 is 0 Å². The number of ketones is 1. The predicted molar refractivity (Wildman–Crippen MR) is 43.7 cm³/mol. The molecule has 2 aliphatic heterocycles. The summed E-state index contributed by atoms with van der Waals surface area (Å²) < 4.78 is 5.68. The van der Waals surface area contributed by atoms with E-state index in [0.717, 1.165) is 12.8 Å². The Bertz CT molecular complexity index is 345. The molecule has 4 fully saturated rings. The van der Waals surface area contributed by atoms with E-state index in [9.17, 15) is 4.79 Å². The first kappa shape index (κ1) is 7.52. The smallest absolute Gasteiger partial charge is 0.181 e. The van der Waals surface area contributed by atoms with Gasteiger partial charge in [-0.15, -0.1) is 0 Å². The molecule has 2 heterocycles. The number of nitriles is 1. The zero-order valence-electron chi connectivity index (χ0n) is 7.54. The maximum absolute atomic E-state index is 11.8. The Morgan fingerprint density at radius 3 is 3.08 bits per heavy atom. The van der Waals surface area contributed by atoms with Crippen LogP contribution in [0.1, 0.15) is 26.2 Å². The molecule has 3 heteroatoms. The molecule has 3 nitrogen and oxygen atoms in total. The van der Waals surface area contributed by atoms with Gasteiger partial charge in [-0.25, -0.2) is 0 Å². The summed E-state index contributed by atoms with van der Waals surface area (Å²) in [5, 5.41) is 9.06. The maximum Gasteiger partial charge on any atom is 0.181 e. The summed E-state index contributed by atoms with van der Waals surface area (Å²) in [4.78, 5) is 11.8. The van der Waals surface area contributed by atoms with Gasteiger partial charge in [-0.3, -0.25) is 4.79 Å². The topological polar surface area (TPSA) is 50.1 Å². The van der Waals surface area contributed by atoms with Crippen LogP contribution in [0, 0.1) is 22.7 Å². The normalized spacial score (nSPS) is 57.1. The van der Waals surface area contributed by atoms with Crippen LogP contribution in [0.4, 0.5) is 0 Å². The number of carbonyl (C=O) groups excluding carboxylic acids is 1. The standard InChI is InChI=1S/C10H11NO2/c1-9-4-10(5-11)3-6(9)2-7(13-9)8(10)12/h6-7H,2-4H2,1H3. The molecule has 0 N–H and O–H groups in total. The molecule has 0 radical (unpaired) electrons. The quantitative estimate of drug-likeness (QED) is 0.555. The van der Waals surface area contributed by atoms with Crippen molar-refractivity contribution in [1.82, 2.24) is 0 Å². The average Bonchev–Trinajstić information content (AvgIpc) is 2.47. The number of hydrogen-bond acceptors (Lipinski definition) is 3. The van der Waals surface area contributed by atoms with Gasteiger partial charge < -0.3 is 4.74 Å². The van der Waals surface area contributed by atoms with E-state index >= 15 is 0 Å². The monoisotopic (exact) mass is 177 g/mol. The highest BCUT2D eigenvalue weighted by molar-refractivity contribution is 5.94. The molecule has 0 aromatic rings. The summed E-state index contributed by atoms with van der Waals surface area (Å²) in [6.45, 7) is 2.04. The van der Waals surface area contributed by atoms with E-state index in [-0.39, 0.29) is 17.5 Å². The third kappa shape index (κ3) is 0.636. The predicted octanol–water partition coefficient (Wildman–Crippen LogP) is 1.04. The summed E-state index contributed by atoms with van der Waals surface area (Å²) >= 11 is 0. The number of ether oxygens (including phenoxy) is 1. The number of rotatable bonds is 0. The molecule has 2 aliphatic carbocycles. The molecule has 4 rings (SSSR count). The third-order valence-corrected chi connectivity index (χ3v) is 4.00. The first-order valence-electron chi connectivity index (χ1n) is 4.73. The Kier molecular flexibility index (Phi) is 1.04. The van der Waals surface area contributed by atoms with Crippen LogP contribution in [0.3, 0.4) is 0 Å². The summed E-state index contributed by atoms with van der Waals surface area (Å²) in [6, 6.07) is 2.22. The van der Waals surface area contributed by atoms with Gasteiger partial charge in [0.2, 0.25) is 0 Å². The van der Waals surface area contributed by atoms with Crippen molar-refractivity contribution in [3.63, 3.8) is 0 Å². The van der Waals surface area contributed by atoms with Crippen LogP contribution in [-0.4, -0.2) is 17.5 Å². The highest BCUT2D eigenvalue weighted by atomic mass is 16.5. The molecule has 0 amide bonds. The maximum atomic E-state index is 11.8. The van der Waals surface area contributed by atoms with Crippen LogP contribution in [0.5, 0.6) is 0 Å². The molecule has 4 atom stereocenters. The van der Waals surface area contributed by atoms with Crippen molar-refractivity contribution in [2.24, 2.45) is 11.3 Å². The van der Waals surface area contributed by atoms with Crippen molar-refractivity contribution in [3.8, 4) is 6.07 Å². The second-order valence-corrected chi connectivity index (χ2v) is 4.79. The van der Waals surface area contributed by atoms with Crippen LogP contribution in [0.15, 0.2) is 0 Å². The lowest BCUT2D eigenvalue weighted by molar-refractivity contribution is -0.151. The number of hydrogen-bond donors (Lipinski definition) is 0. The molecule has 2 saturated carbocycles. The minimum atomic E-state index is -0.680. The third-order valence-electron chi connectivity index (χ3n) is 4.00. The zero-order valence-corrected chi connectivity index (χ0v) is 7.54. The van der Waals surface area contributed by atoms with Gasteiger partial charge in [-0.2, -0.15) is 5.26 Å². The van der Waals surface area contributed by atoms with Crippen molar-refractivity contribution in [1.29, 1.82) is 5.26 Å². The van der Waals surface area contributed by atoms with E-state index in [2.05, 4.69) is 6.07 Å². The lowest BCUT2D eigenvalue weighted by Gasteiger charge is -2.33. The van der Waals surface area contributed by atoms with Crippen molar-refractivity contribution < 1.29 is 9.53 Å². The van der Waals surface area contributed by atoms with Gasteiger partial charge in [0.25, 0.3) is 0 Å². The second kappa shape index (κ2) is 1.80. The van der Waals surface area contributed by atoms with Crippen molar-refractivity contribution in [2.45, 2.75) is 37.9 Å². The Morgan fingerprint density at radius 1 is 1.69 bits per heavy atom. The Hall–Kier alpha value is -0.880. The van der Waals surface area contributed by atoms with Crippen LogP contribution >= 0.6 is 0 Å². The molecular weight excluding hydrogens is 166 g/mol. The molecule has 68 valence electrons. The van der Waals surface area contributed by atoms with Gasteiger partial charge in [-0.1, -0.05) is 0 Å². The summed E-state index contributed by atoms with van der Waals surface area (Å²) in [7, 11) is 0. The van der Waals surface area contributed by atoms with Gasteiger partial charge in [-0.05, 0) is 25.7 Å². The molecule has 4 aliphatic rings. The SMILES string of the molecule is CC12CC3(C#N)CC1CC(O2)C3=O. The van der Waals surface area contributed by atoms with E-state index < -0.39 is 5.41 Å².